The van der Waals surface area contributed by atoms with Gasteiger partial charge in [-0.3, -0.25) is 0 Å². The Morgan fingerprint density at radius 3 is 2.70 bits per heavy atom. The monoisotopic (exact) mass is 287 g/mol. The van der Waals surface area contributed by atoms with Crippen LogP contribution in [0, 0.1) is 11.3 Å². The van der Waals surface area contributed by atoms with Gasteiger partial charge in [0.2, 0.25) is 0 Å². The zero-order chi connectivity index (χ0) is 14.2. The van der Waals surface area contributed by atoms with Crippen molar-refractivity contribution in [3.63, 3.8) is 0 Å². The highest BCUT2D eigenvalue weighted by atomic mass is 32.1. The summed E-state index contributed by atoms with van der Waals surface area (Å²) < 4.78 is 1.38. The van der Waals surface area contributed by atoms with Crippen molar-refractivity contribution in [2.24, 2.45) is 11.3 Å². The maximum Gasteiger partial charge on any atom is 0.0349 e. The van der Waals surface area contributed by atoms with Gasteiger partial charge in [0.05, 0.1) is 0 Å². The van der Waals surface area contributed by atoms with Crippen molar-refractivity contribution in [1.29, 1.82) is 0 Å². The van der Waals surface area contributed by atoms with Gasteiger partial charge < -0.3 is 5.32 Å². The molecule has 1 aromatic carbocycles. The first-order valence-electron chi connectivity index (χ1n) is 7.78. The van der Waals surface area contributed by atoms with Crippen molar-refractivity contribution in [3.8, 4) is 0 Å². The predicted octanol–water partition coefficient (Wildman–Crippen LogP) is 5.92. The highest BCUT2D eigenvalue weighted by molar-refractivity contribution is 7.17. The summed E-state index contributed by atoms with van der Waals surface area (Å²) in [6, 6.07) is 9.64. The van der Waals surface area contributed by atoms with Gasteiger partial charge in [0.15, 0.2) is 0 Å². The number of hydrogen-bond acceptors (Lipinski definition) is 2. The first-order chi connectivity index (χ1) is 9.54. The van der Waals surface area contributed by atoms with Crippen LogP contribution in [-0.2, 0) is 0 Å². The normalized spacial score (nSPS) is 23.9. The zero-order valence-corrected chi connectivity index (χ0v) is 13.6. The second-order valence-corrected chi connectivity index (χ2v) is 8.13. The summed E-state index contributed by atoms with van der Waals surface area (Å²) in [5, 5.41) is 7.36. The van der Waals surface area contributed by atoms with Crippen LogP contribution in [-0.4, -0.2) is 6.04 Å². The molecule has 0 radical (unpaired) electrons. The van der Waals surface area contributed by atoms with Crippen LogP contribution in [0.3, 0.4) is 0 Å². The third-order valence-corrected chi connectivity index (χ3v) is 5.58. The molecule has 0 amide bonds. The minimum Gasteiger partial charge on any atom is -0.382 e. The average molecular weight is 287 g/mol. The van der Waals surface area contributed by atoms with E-state index in [1.54, 1.807) is 0 Å². The highest BCUT2D eigenvalue weighted by Crippen LogP contribution is 2.39. The Morgan fingerprint density at radius 2 is 1.90 bits per heavy atom. The van der Waals surface area contributed by atoms with Gasteiger partial charge in [0.25, 0.3) is 0 Å². The van der Waals surface area contributed by atoms with Crippen LogP contribution >= 0.6 is 11.3 Å². The molecule has 3 rings (SSSR count). The highest BCUT2D eigenvalue weighted by Gasteiger charge is 2.33. The van der Waals surface area contributed by atoms with Crippen LogP contribution in [0.2, 0.25) is 0 Å². The Morgan fingerprint density at radius 1 is 1.10 bits per heavy atom. The summed E-state index contributed by atoms with van der Waals surface area (Å²) >= 11 is 1.82. The average Bonchev–Trinajstić information content (AvgIpc) is 2.85. The Balaban J connectivity index is 1.80. The van der Waals surface area contributed by atoms with Crippen molar-refractivity contribution >= 4 is 27.1 Å². The van der Waals surface area contributed by atoms with E-state index >= 15 is 0 Å². The van der Waals surface area contributed by atoms with Crippen LogP contribution in [0.1, 0.15) is 46.5 Å². The molecular formula is C18H25NS. The standard InChI is InChI=1S/C18H25NS/c1-18(2,3)15-6-4-5-7-16(15)19-14-8-9-17-13(12-14)10-11-20-17/h8-12,15-16,19H,4-7H2,1-3H3. The lowest BCUT2D eigenvalue weighted by molar-refractivity contribution is 0.163. The van der Waals surface area contributed by atoms with E-state index in [-0.39, 0.29) is 0 Å². The smallest absolute Gasteiger partial charge is 0.0349 e. The molecule has 1 saturated carbocycles. The SMILES string of the molecule is CC(C)(C)C1CCCCC1Nc1ccc2sccc2c1. The third kappa shape index (κ3) is 2.85. The molecule has 2 heteroatoms. The fraction of sp³-hybridized carbons (Fsp3) is 0.556. The molecule has 2 unspecified atom stereocenters. The molecule has 1 heterocycles. The second-order valence-electron chi connectivity index (χ2n) is 7.18. The van der Waals surface area contributed by atoms with Crippen LogP contribution < -0.4 is 5.32 Å². The lowest BCUT2D eigenvalue weighted by atomic mass is 9.69. The summed E-state index contributed by atoms with van der Waals surface area (Å²) in [5.74, 6) is 0.773. The Labute approximate surface area is 126 Å². The van der Waals surface area contributed by atoms with Crippen molar-refractivity contribution in [1.82, 2.24) is 0 Å². The van der Waals surface area contributed by atoms with E-state index in [9.17, 15) is 0 Å². The number of thiophene rings is 1. The zero-order valence-electron chi connectivity index (χ0n) is 12.8. The van der Waals surface area contributed by atoms with Crippen molar-refractivity contribution < 1.29 is 0 Å². The summed E-state index contributed by atoms with van der Waals surface area (Å²) in [6.45, 7) is 7.17. The molecule has 0 aliphatic heterocycles. The quantitative estimate of drug-likeness (QED) is 0.723. The van der Waals surface area contributed by atoms with E-state index in [0.29, 0.717) is 11.5 Å². The molecular weight excluding hydrogens is 262 g/mol. The number of benzene rings is 1. The second kappa shape index (κ2) is 5.40. The topological polar surface area (TPSA) is 12.0 Å². The van der Waals surface area contributed by atoms with Gasteiger partial charge in [-0.25, -0.2) is 0 Å². The molecule has 2 atom stereocenters. The first kappa shape index (κ1) is 13.9. The third-order valence-electron chi connectivity index (χ3n) is 4.68. The molecule has 20 heavy (non-hydrogen) atoms. The molecule has 1 aromatic heterocycles. The molecule has 0 spiro atoms. The predicted molar refractivity (Wildman–Crippen MR) is 90.6 cm³/mol. The first-order valence-corrected chi connectivity index (χ1v) is 8.66. The number of fused-ring (bicyclic) bond motifs is 1. The van der Waals surface area contributed by atoms with E-state index in [4.69, 9.17) is 0 Å². The minimum absolute atomic E-state index is 0.393. The van der Waals surface area contributed by atoms with E-state index in [1.807, 2.05) is 11.3 Å². The van der Waals surface area contributed by atoms with Crippen LogP contribution in [0.4, 0.5) is 5.69 Å². The van der Waals surface area contributed by atoms with E-state index < -0.39 is 0 Å². The Bertz CT molecular complexity index is 578. The number of nitrogens with one attached hydrogen (secondary N) is 1. The fourth-order valence-electron chi connectivity index (χ4n) is 3.61. The molecule has 1 aliphatic carbocycles. The van der Waals surface area contributed by atoms with Gasteiger partial charge >= 0.3 is 0 Å². The maximum absolute atomic E-state index is 3.82. The van der Waals surface area contributed by atoms with Gasteiger partial charge in [0, 0.05) is 16.4 Å². The van der Waals surface area contributed by atoms with E-state index in [1.165, 1.54) is 41.5 Å². The van der Waals surface area contributed by atoms with Crippen LogP contribution in [0.5, 0.6) is 0 Å². The van der Waals surface area contributed by atoms with Crippen LogP contribution in [0.15, 0.2) is 29.6 Å². The number of rotatable bonds is 2. The summed E-state index contributed by atoms with van der Waals surface area (Å²) in [5.41, 5.74) is 1.68. The summed E-state index contributed by atoms with van der Waals surface area (Å²) in [7, 11) is 0. The molecule has 1 N–H and O–H groups in total. The van der Waals surface area contributed by atoms with E-state index in [2.05, 4.69) is 55.7 Å². The number of anilines is 1. The number of hydrogen-bond donors (Lipinski definition) is 1. The van der Waals surface area contributed by atoms with Crippen LogP contribution in [0.25, 0.3) is 10.1 Å². The van der Waals surface area contributed by atoms with Gasteiger partial charge in [0.1, 0.15) is 0 Å². The van der Waals surface area contributed by atoms with E-state index in [0.717, 1.165) is 5.92 Å². The molecule has 1 nitrogen and oxygen atoms in total. The minimum atomic E-state index is 0.393. The van der Waals surface area contributed by atoms with Crippen molar-refractivity contribution in [3.05, 3.63) is 29.6 Å². The van der Waals surface area contributed by atoms with Crippen molar-refractivity contribution in [2.75, 3.05) is 5.32 Å². The Kier molecular flexibility index (Phi) is 3.76. The molecule has 0 saturated heterocycles. The fourth-order valence-corrected chi connectivity index (χ4v) is 4.38. The largest absolute Gasteiger partial charge is 0.382 e. The molecule has 2 aromatic rings. The molecule has 108 valence electrons. The lowest BCUT2D eigenvalue weighted by Crippen LogP contribution is -2.39. The summed E-state index contributed by atoms with van der Waals surface area (Å²) in [6.07, 6.45) is 5.43. The molecule has 0 bridgehead atoms. The lowest BCUT2D eigenvalue weighted by Gasteiger charge is -2.41. The van der Waals surface area contributed by atoms with Gasteiger partial charge in [-0.05, 0) is 59.2 Å². The molecule has 1 fully saturated rings. The van der Waals surface area contributed by atoms with Gasteiger partial charge in [-0.1, -0.05) is 33.6 Å². The Hall–Kier alpha value is -1.02. The van der Waals surface area contributed by atoms with Gasteiger partial charge in [-0.15, -0.1) is 11.3 Å². The summed E-state index contributed by atoms with van der Waals surface area (Å²) in [4.78, 5) is 0. The van der Waals surface area contributed by atoms with Gasteiger partial charge in [-0.2, -0.15) is 0 Å². The molecule has 1 aliphatic rings. The maximum atomic E-state index is 3.82. The van der Waals surface area contributed by atoms with Crippen molar-refractivity contribution in [2.45, 2.75) is 52.5 Å².